The van der Waals surface area contributed by atoms with Crippen molar-refractivity contribution in [3.8, 4) is 5.75 Å². The fraction of sp³-hybridized carbons (Fsp3) is 0.278. The molecule has 3 aromatic rings. The van der Waals surface area contributed by atoms with Crippen molar-refractivity contribution in [2.75, 3.05) is 0 Å². The number of carbonyl (C=O) groups is 1. The number of ether oxygens (including phenoxy) is 1. The number of nitrogens with zero attached hydrogens (tertiary/aromatic N) is 3. The molecule has 0 saturated heterocycles. The first-order valence-corrected chi connectivity index (χ1v) is 9.49. The molecular formula is C18H17F3N4O3S. The van der Waals surface area contributed by atoms with E-state index in [1.54, 1.807) is 24.5 Å². The molecule has 154 valence electrons. The Morgan fingerprint density at radius 3 is 2.59 bits per heavy atom. The Labute approximate surface area is 168 Å². The Kier molecular flexibility index (Phi) is 6.47. The molecule has 2 heterocycles. The predicted octanol–water partition coefficient (Wildman–Crippen LogP) is 3.53. The van der Waals surface area contributed by atoms with Gasteiger partial charge in [0.1, 0.15) is 17.3 Å². The smallest absolute Gasteiger partial charge is 0.467 e. The summed E-state index contributed by atoms with van der Waals surface area (Å²) in [5, 5.41) is 8.89. The molecule has 0 atom stereocenters. The Bertz CT molecular complexity index is 940. The highest BCUT2D eigenvalue weighted by Gasteiger charge is 2.30. The maximum atomic E-state index is 12.2. The van der Waals surface area contributed by atoms with Crippen molar-refractivity contribution in [1.82, 2.24) is 14.8 Å². The third-order valence-electron chi connectivity index (χ3n) is 3.81. The summed E-state index contributed by atoms with van der Waals surface area (Å²) in [5.74, 6) is 1.03. The van der Waals surface area contributed by atoms with Crippen LogP contribution in [-0.2, 0) is 23.5 Å². The van der Waals surface area contributed by atoms with Gasteiger partial charge in [0, 0.05) is 18.6 Å². The number of primary amides is 1. The molecule has 0 aliphatic rings. The van der Waals surface area contributed by atoms with Crippen molar-refractivity contribution in [3.63, 3.8) is 0 Å². The molecule has 7 nitrogen and oxygen atoms in total. The first-order chi connectivity index (χ1) is 13.8. The monoisotopic (exact) mass is 426 g/mol. The van der Waals surface area contributed by atoms with E-state index in [0.29, 0.717) is 35.5 Å². The standard InChI is InChI=1S/C18H17F3N4O3S/c19-18(20,21)28-13-5-3-12(4-6-13)11-29-17-24-23-16(8-7-15(22)26)25(17)10-14-2-1-9-27-14/h1-6,9H,7-8,10-11H2,(H2,22,26). The Morgan fingerprint density at radius 1 is 1.21 bits per heavy atom. The number of benzene rings is 1. The van der Waals surface area contributed by atoms with Gasteiger partial charge in [0.25, 0.3) is 0 Å². The lowest BCUT2D eigenvalue weighted by molar-refractivity contribution is -0.274. The van der Waals surface area contributed by atoms with E-state index in [0.717, 1.165) is 5.56 Å². The number of nitrogens with two attached hydrogens (primary N) is 1. The highest BCUT2D eigenvalue weighted by Crippen LogP contribution is 2.26. The van der Waals surface area contributed by atoms with E-state index >= 15 is 0 Å². The van der Waals surface area contributed by atoms with Crippen molar-refractivity contribution in [2.24, 2.45) is 5.73 Å². The minimum Gasteiger partial charge on any atom is -0.467 e. The van der Waals surface area contributed by atoms with Gasteiger partial charge in [0.05, 0.1) is 12.8 Å². The fourth-order valence-electron chi connectivity index (χ4n) is 2.50. The number of furan rings is 1. The molecule has 11 heteroatoms. The molecule has 0 spiro atoms. The van der Waals surface area contributed by atoms with Gasteiger partial charge in [-0.25, -0.2) is 0 Å². The molecule has 0 unspecified atom stereocenters. The van der Waals surface area contributed by atoms with Crippen molar-refractivity contribution < 1.29 is 27.1 Å². The molecule has 2 aromatic heterocycles. The van der Waals surface area contributed by atoms with Crippen molar-refractivity contribution in [1.29, 1.82) is 0 Å². The van der Waals surface area contributed by atoms with Crippen LogP contribution in [0.1, 0.15) is 23.6 Å². The van der Waals surface area contributed by atoms with E-state index in [2.05, 4.69) is 14.9 Å². The molecule has 29 heavy (non-hydrogen) atoms. The lowest BCUT2D eigenvalue weighted by Gasteiger charge is -2.10. The average molecular weight is 426 g/mol. The van der Waals surface area contributed by atoms with Crippen LogP contribution in [0.25, 0.3) is 0 Å². The Morgan fingerprint density at radius 2 is 1.97 bits per heavy atom. The molecule has 0 radical (unpaired) electrons. The summed E-state index contributed by atoms with van der Waals surface area (Å²) in [7, 11) is 0. The number of halogens is 3. The topological polar surface area (TPSA) is 96.2 Å². The zero-order chi connectivity index (χ0) is 20.9. The Hall–Kier alpha value is -2.95. The second kappa shape index (κ2) is 9.03. The molecule has 1 aromatic carbocycles. The first-order valence-electron chi connectivity index (χ1n) is 8.50. The largest absolute Gasteiger partial charge is 0.573 e. The summed E-state index contributed by atoms with van der Waals surface area (Å²) in [5.41, 5.74) is 6.01. The summed E-state index contributed by atoms with van der Waals surface area (Å²) in [6.07, 6.45) is -2.69. The van der Waals surface area contributed by atoms with Gasteiger partial charge >= 0.3 is 6.36 Å². The van der Waals surface area contributed by atoms with Crippen LogP contribution in [0.4, 0.5) is 13.2 Å². The molecule has 0 aliphatic heterocycles. The highest BCUT2D eigenvalue weighted by molar-refractivity contribution is 7.98. The van der Waals surface area contributed by atoms with Crippen LogP contribution in [0.2, 0.25) is 0 Å². The van der Waals surface area contributed by atoms with E-state index in [9.17, 15) is 18.0 Å². The SMILES string of the molecule is NC(=O)CCc1nnc(SCc2ccc(OC(F)(F)F)cc2)n1Cc1ccco1. The van der Waals surface area contributed by atoms with Gasteiger partial charge in [0.15, 0.2) is 5.16 Å². The number of amides is 1. The number of thioether (sulfide) groups is 1. The Balaban J connectivity index is 1.70. The maximum absolute atomic E-state index is 12.2. The summed E-state index contributed by atoms with van der Waals surface area (Å²) in [6, 6.07) is 9.20. The number of alkyl halides is 3. The summed E-state index contributed by atoms with van der Waals surface area (Å²) < 4.78 is 47.8. The van der Waals surface area contributed by atoms with Crippen molar-refractivity contribution in [3.05, 3.63) is 59.8 Å². The van der Waals surface area contributed by atoms with Crippen LogP contribution in [-0.4, -0.2) is 27.0 Å². The summed E-state index contributed by atoms with van der Waals surface area (Å²) in [6.45, 7) is 0.384. The zero-order valence-corrected chi connectivity index (χ0v) is 15.9. The van der Waals surface area contributed by atoms with Gasteiger partial charge in [-0.15, -0.1) is 23.4 Å². The lowest BCUT2D eigenvalue weighted by atomic mass is 10.2. The number of rotatable bonds is 9. The van der Waals surface area contributed by atoms with Crippen LogP contribution in [0, 0.1) is 0 Å². The molecule has 0 bridgehead atoms. The molecule has 2 N–H and O–H groups in total. The van der Waals surface area contributed by atoms with E-state index in [-0.39, 0.29) is 12.2 Å². The molecule has 0 aliphatic carbocycles. The van der Waals surface area contributed by atoms with Crippen LogP contribution in [0.5, 0.6) is 5.75 Å². The number of aromatic nitrogens is 3. The fourth-order valence-corrected chi connectivity index (χ4v) is 3.41. The van der Waals surface area contributed by atoms with Gasteiger partial charge in [-0.3, -0.25) is 9.36 Å². The third-order valence-corrected chi connectivity index (χ3v) is 4.85. The van der Waals surface area contributed by atoms with Crippen LogP contribution in [0.3, 0.4) is 0 Å². The van der Waals surface area contributed by atoms with Gasteiger partial charge in [-0.05, 0) is 29.8 Å². The van der Waals surface area contributed by atoms with Crippen LogP contribution < -0.4 is 10.5 Å². The second-order valence-corrected chi connectivity index (χ2v) is 6.95. The van der Waals surface area contributed by atoms with Crippen LogP contribution in [0.15, 0.2) is 52.2 Å². The van der Waals surface area contributed by atoms with Crippen molar-refractivity contribution in [2.45, 2.75) is 36.7 Å². The van der Waals surface area contributed by atoms with E-state index in [1.807, 2.05) is 10.6 Å². The summed E-state index contributed by atoms with van der Waals surface area (Å²) >= 11 is 1.36. The zero-order valence-electron chi connectivity index (χ0n) is 15.1. The van der Waals surface area contributed by atoms with E-state index < -0.39 is 12.3 Å². The molecular weight excluding hydrogens is 409 g/mol. The molecule has 1 amide bonds. The minimum atomic E-state index is -4.72. The second-order valence-electron chi connectivity index (χ2n) is 6.01. The van der Waals surface area contributed by atoms with Gasteiger partial charge in [-0.2, -0.15) is 0 Å². The predicted molar refractivity (Wildman–Crippen MR) is 98.0 cm³/mol. The molecule has 3 rings (SSSR count). The van der Waals surface area contributed by atoms with E-state index in [4.69, 9.17) is 10.2 Å². The minimum absolute atomic E-state index is 0.140. The van der Waals surface area contributed by atoms with Gasteiger partial charge in [-0.1, -0.05) is 23.9 Å². The van der Waals surface area contributed by atoms with Crippen molar-refractivity contribution >= 4 is 17.7 Å². The third kappa shape index (κ3) is 6.28. The number of carbonyl (C=O) groups excluding carboxylic acids is 1. The van der Waals surface area contributed by atoms with Crippen LogP contribution >= 0.6 is 11.8 Å². The number of hydrogen-bond acceptors (Lipinski definition) is 6. The normalized spacial score (nSPS) is 11.6. The molecule has 0 saturated carbocycles. The molecule has 0 fully saturated rings. The number of aryl methyl sites for hydroxylation is 1. The summed E-state index contributed by atoms with van der Waals surface area (Å²) in [4.78, 5) is 11.1. The van der Waals surface area contributed by atoms with Gasteiger partial charge < -0.3 is 14.9 Å². The average Bonchev–Trinajstić information content (AvgIpc) is 3.29. The highest BCUT2D eigenvalue weighted by atomic mass is 32.2. The lowest BCUT2D eigenvalue weighted by Crippen LogP contribution is -2.17. The first kappa shape index (κ1) is 20.8. The number of hydrogen-bond donors (Lipinski definition) is 1. The van der Waals surface area contributed by atoms with E-state index in [1.165, 1.54) is 23.9 Å². The quantitative estimate of drug-likeness (QED) is 0.526. The van der Waals surface area contributed by atoms with Gasteiger partial charge in [0.2, 0.25) is 5.91 Å². The maximum Gasteiger partial charge on any atom is 0.573 e.